The van der Waals surface area contributed by atoms with Crippen LogP contribution in [-0.4, -0.2) is 18.5 Å². The molecule has 0 aliphatic rings. The molecule has 0 bridgehead atoms. The standard InChI is InChI=1S/C22H22S.CHF3O3S/c1-22(2,3)19-11-15-21(16-12-19)23-20-13-9-18(10-14-20)17-7-5-4-6-8-17;2-1(3,4)8(5,6)7/h4-16H,1-3H3;(H,5,6,7). The SMILES string of the molecule is CC(C)(C)c1ccc(Sc2ccc(-c3ccccc3)cc2)cc1.O=S(=O)(O)C(F)(F)F. The number of hydrogen-bond donors (Lipinski definition) is 1. The summed E-state index contributed by atoms with van der Waals surface area (Å²) in [4.78, 5) is 2.55. The van der Waals surface area contributed by atoms with Crippen molar-refractivity contribution in [3.05, 3.63) is 84.4 Å². The predicted molar refractivity (Wildman–Crippen MR) is 119 cm³/mol. The lowest BCUT2D eigenvalue weighted by Crippen LogP contribution is -2.21. The number of hydrogen-bond acceptors (Lipinski definition) is 3. The molecule has 0 atom stereocenters. The van der Waals surface area contributed by atoms with Crippen LogP contribution in [0.15, 0.2) is 88.7 Å². The van der Waals surface area contributed by atoms with Gasteiger partial charge in [0.25, 0.3) is 0 Å². The van der Waals surface area contributed by atoms with Crippen molar-refractivity contribution in [2.75, 3.05) is 0 Å². The molecule has 0 aromatic heterocycles. The average molecular weight is 469 g/mol. The Morgan fingerprint density at radius 2 is 1.10 bits per heavy atom. The second-order valence-electron chi connectivity index (χ2n) is 7.69. The molecule has 3 rings (SSSR count). The fourth-order valence-corrected chi connectivity index (χ4v) is 3.32. The maximum Gasteiger partial charge on any atom is 0.522 e. The maximum atomic E-state index is 10.7. The fraction of sp³-hybridized carbons (Fsp3) is 0.217. The van der Waals surface area contributed by atoms with E-state index in [1.54, 1.807) is 0 Å². The second kappa shape index (κ2) is 9.89. The molecular weight excluding hydrogens is 445 g/mol. The third-order valence-electron chi connectivity index (χ3n) is 4.21. The molecule has 1 N–H and O–H groups in total. The van der Waals surface area contributed by atoms with Crippen molar-refractivity contribution >= 4 is 21.9 Å². The number of benzene rings is 3. The van der Waals surface area contributed by atoms with Gasteiger partial charge in [0.05, 0.1) is 0 Å². The van der Waals surface area contributed by atoms with Gasteiger partial charge in [-0.05, 0) is 46.4 Å². The molecule has 0 saturated carbocycles. The smallest absolute Gasteiger partial charge is 0.279 e. The number of rotatable bonds is 3. The Hall–Kier alpha value is -2.29. The molecule has 3 aromatic carbocycles. The first-order valence-electron chi connectivity index (χ1n) is 9.25. The van der Waals surface area contributed by atoms with Gasteiger partial charge in [0.2, 0.25) is 0 Å². The van der Waals surface area contributed by atoms with Crippen LogP contribution in [-0.2, 0) is 15.5 Å². The van der Waals surface area contributed by atoms with Gasteiger partial charge >= 0.3 is 15.6 Å². The molecule has 0 fully saturated rings. The molecule has 0 heterocycles. The Balaban J connectivity index is 0.000000366. The van der Waals surface area contributed by atoms with Crippen molar-refractivity contribution in [3.63, 3.8) is 0 Å². The van der Waals surface area contributed by atoms with E-state index < -0.39 is 15.6 Å². The van der Waals surface area contributed by atoms with Crippen LogP contribution in [0, 0.1) is 0 Å². The molecular formula is C23H23F3O3S2. The summed E-state index contributed by atoms with van der Waals surface area (Å²) >= 11 is 1.81. The molecule has 31 heavy (non-hydrogen) atoms. The van der Waals surface area contributed by atoms with Crippen LogP contribution in [0.2, 0.25) is 0 Å². The Labute approximate surface area is 185 Å². The molecule has 0 aliphatic carbocycles. The average Bonchev–Trinajstić information content (AvgIpc) is 2.68. The third kappa shape index (κ3) is 7.72. The van der Waals surface area contributed by atoms with Gasteiger partial charge in [0.1, 0.15) is 0 Å². The van der Waals surface area contributed by atoms with Gasteiger partial charge in [-0.25, -0.2) is 0 Å². The van der Waals surface area contributed by atoms with Crippen LogP contribution in [0.3, 0.4) is 0 Å². The van der Waals surface area contributed by atoms with E-state index in [0.29, 0.717) is 0 Å². The minimum atomic E-state index is -5.84. The van der Waals surface area contributed by atoms with Crippen molar-refractivity contribution in [1.82, 2.24) is 0 Å². The van der Waals surface area contributed by atoms with Crippen LogP contribution in [0.25, 0.3) is 11.1 Å². The summed E-state index contributed by atoms with van der Waals surface area (Å²) in [7, 11) is -5.84. The summed E-state index contributed by atoms with van der Waals surface area (Å²) in [6.07, 6.45) is 0. The molecule has 3 aromatic rings. The van der Waals surface area contributed by atoms with Gasteiger partial charge in [-0.3, -0.25) is 4.55 Å². The third-order valence-corrected chi connectivity index (χ3v) is 5.81. The van der Waals surface area contributed by atoms with E-state index in [9.17, 15) is 13.2 Å². The van der Waals surface area contributed by atoms with Crippen LogP contribution in [0.4, 0.5) is 13.2 Å². The topological polar surface area (TPSA) is 54.4 Å². The lowest BCUT2D eigenvalue weighted by Gasteiger charge is -2.19. The van der Waals surface area contributed by atoms with Gasteiger partial charge < -0.3 is 0 Å². The zero-order valence-corrected chi connectivity index (χ0v) is 18.9. The van der Waals surface area contributed by atoms with E-state index in [-0.39, 0.29) is 5.41 Å². The van der Waals surface area contributed by atoms with Crippen molar-refractivity contribution in [2.24, 2.45) is 0 Å². The Morgan fingerprint density at radius 3 is 1.48 bits per heavy atom. The van der Waals surface area contributed by atoms with Crippen molar-refractivity contribution in [2.45, 2.75) is 41.5 Å². The molecule has 0 aliphatic heterocycles. The van der Waals surface area contributed by atoms with Crippen molar-refractivity contribution < 1.29 is 26.1 Å². The van der Waals surface area contributed by atoms with Gasteiger partial charge in [0, 0.05) is 9.79 Å². The van der Waals surface area contributed by atoms with E-state index in [2.05, 4.69) is 99.6 Å². The molecule has 0 spiro atoms. The quantitative estimate of drug-likeness (QED) is 0.326. The molecule has 3 nitrogen and oxygen atoms in total. The summed E-state index contributed by atoms with van der Waals surface area (Å²) in [6, 6.07) is 28.2. The van der Waals surface area contributed by atoms with E-state index in [0.717, 1.165) is 0 Å². The van der Waals surface area contributed by atoms with E-state index >= 15 is 0 Å². The first-order chi connectivity index (χ1) is 14.3. The highest BCUT2D eigenvalue weighted by Gasteiger charge is 2.44. The number of alkyl halides is 3. The summed E-state index contributed by atoms with van der Waals surface area (Å²) in [5, 5.41) is 0. The van der Waals surface area contributed by atoms with Gasteiger partial charge in [-0.2, -0.15) is 21.6 Å². The lowest BCUT2D eigenvalue weighted by molar-refractivity contribution is -0.0510. The summed E-state index contributed by atoms with van der Waals surface area (Å²) < 4.78 is 57.5. The lowest BCUT2D eigenvalue weighted by atomic mass is 9.87. The zero-order valence-electron chi connectivity index (χ0n) is 17.2. The Morgan fingerprint density at radius 1 is 0.710 bits per heavy atom. The second-order valence-corrected chi connectivity index (χ2v) is 10.2. The first-order valence-corrected chi connectivity index (χ1v) is 11.5. The molecule has 8 heteroatoms. The minimum Gasteiger partial charge on any atom is -0.279 e. The van der Waals surface area contributed by atoms with E-state index in [4.69, 9.17) is 13.0 Å². The predicted octanol–water partition coefficient (Wildman–Crippen LogP) is 7.20. The maximum absolute atomic E-state index is 10.7. The number of halogens is 3. The molecule has 0 saturated heterocycles. The fourth-order valence-electron chi connectivity index (χ4n) is 2.51. The normalized spacial score (nSPS) is 12.1. The van der Waals surface area contributed by atoms with Gasteiger partial charge in [0.15, 0.2) is 0 Å². The highest BCUT2D eigenvalue weighted by atomic mass is 32.2. The Kier molecular flexibility index (Phi) is 7.97. The Bertz CT molecular complexity index is 1070. The van der Waals surface area contributed by atoms with Crippen LogP contribution in [0.1, 0.15) is 26.3 Å². The monoisotopic (exact) mass is 468 g/mol. The largest absolute Gasteiger partial charge is 0.522 e. The van der Waals surface area contributed by atoms with Crippen LogP contribution < -0.4 is 0 Å². The van der Waals surface area contributed by atoms with Crippen molar-refractivity contribution in [3.8, 4) is 11.1 Å². The molecule has 0 unspecified atom stereocenters. The van der Waals surface area contributed by atoms with E-state index in [1.807, 2.05) is 11.8 Å². The summed E-state index contributed by atoms with van der Waals surface area (Å²) in [6.45, 7) is 6.74. The highest BCUT2D eigenvalue weighted by Crippen LogP contribution is 2.31. The zero-order chi connectivity index (χ0) is 23.3. The highest BCUT2D eigenvalue weighted by molar-refractivity contribution is 7.99. The van der Waals surface area contributed by atoms with Crippen molar-refractivity contribution in [1.29, 1.82) is 0 Å². The molecule has 0 radical (unpaired) electrons. The summed E-state index contributed by atoms with van der Waals surface area (Å²) in [5.41, 5.74) is -1.43. The first kappa shape index (κ1) is 25.0. The van der Waals surface area contributed by atoms with Crippen LogP contribution in [0.5, 0.6) is 0 Å². The molecule has 0 amide bonds. The van der Waals surface area contributed by atoms with Gasteiger partial charge in [-0.15, -0.1) is 0 Å². The molecule has 166 valence electrons. The van der Waals surface area contributed by atoms with Gasteiger partial charge in [-0.1, -0.05) is 87.1 Å². The van der Waals surface area contributed by atoms with E-state index in [1.165, 1.54) is 26.5 Å². The minimum absolute atomic E-state index is 0.209. The summed E-state index contributed by atoms with van der Waals surface area (Å²) in [5.74, 6) is 0. The van der Waals surface area contributed by atoms with Crippen LogP contribution >= 0.6 is 11.8 Å².